The molecule has 0 radical (unpaired) electrons. The van der Waals surface area contributed by atoms with Crippen molar-refractivity contribution in [3.63, 3.8) is 0 Å². The highest BCUT2D eigenvalue weighted by atomic mass is 19.4. The van der Waals surface area contributed by atoms with Gasteiger partial charge in [-0.15, -0.1) is 0 Å². The predicted molar refractivity (Wildman–Crippen MR) is 61.7 cm³/mol. The first-order valence-corrected chi connectivity index (χ1v) is 5.73. The second-order valence-electron chi connectivity index (χ2n) is 4.01. The zero-order valence-electron chi connectivity index (χ0n) is 10.6. The molecule has 4 nitrogen and oxygen atoms in total. The Morgan fingerprint density at radius 3 is 2.32 bits per heavy atom. The molecule has 2 aromatic heterocycles. The Balaban J connectivity index is 2.32. The average molecular weight is 323 g/mol. The van der Waals surface area contributed by atoms with Gasteiger partial charge in [0.05, 0.1) is 18.1 Å². The van der Waals surface area contributed by atoms with Crippen LogP contribution < -0.4 is 4.74 Å². The van der Waals surface area contributed by atoms with E-state index < -0.39 is 36.6 Å². The second kappa shape index (κ2) is 6.16. The lowest BCUT2D eigenvalue weighted by molar-refractivity contribution is -0.154. The third kappa shape index (κ3) is 4.06. The Labute approximate surface area is 119 Å². The molecule has 22 heavy (non-hydrogen) atoms. The summed E-state index contributed by atoms with van der Waals surface area (Å²) < 4.78 is 78.8. The summed E-state index contributed by atoms with van der Waals surface area (Å²) in [7, 11) is 0. The number of ether oxygens (including phenoxy) is 1. The van der Waals surface area contributed by atoms with E-state index in [-0.39, 0.29) is 11.4 Å². The van der Waals surface area contributed by atoms with Gasteiger partial charge >= 0.3 is 6.18 Å². The number of nitrogens with zero attached hydrogens (tertiary/aromatic N) is 3. The lowest BCUT2D eigenvalue weighted by Crippen LogP contribution is -2.20. The molecule has 118 valence electrons. The van der Waals surface area contributed by atoms with E-state index in [1.807, 2.05) is 0 Å². The van der Waals surface area contributed by atoms with Crippen LogP contribution in [-0.4, -0.2) is 27.7 Å². The van der Waals surface area contributed by atoms with E-state index in [4.69, 9.17) is 0 Å². The van der Waals surface area contributed by atoms with Crippen molar-refractivity contribution in [2.24, 2.45) is 0 Å². The largest absolute Gasteiger partial charge is 0.467 e. The minimum atomic E-state index is -4.70. The lowest BCUT2D eigenvalue weighted by Gasteiger charge is -2.12. The summed E-state index contributed by atoms with van der Waals surface area (Å²) in [5.74, 6) is -1.56. The standard InChI is InChI=1S/C12H7F6N3O/c13-6-1-2-7(19-3-6)8-4-20-11(9(21-8)10(14)15)22-5-12(16,17)18/h1-4,10H,5H2. The minimum absolute atomic E-state index is 0.0400. The van der Waals surface area contributed by atoms with Gasteiger partial charge < -0.3 is 4.74 Å². The number of halogens is 6. The average Bonchev–Trinajstić information content (AvgIpc) is 2.45. The van der Waals surface area contributed by atoms with Gasteiger partial charge in [0.25, 0.3) is 6.43 Å². The van der Waals surface area contributed by atoms with Crippen LogP contribution in [-0.2, 0) is 0 Å². The van der Waals surface area contributed by atoms with Crippen LogP contribution in [0.3, 0.4) is 0 Å². The fourth-order valence-corrected chi connectivity index (χ4v) is 1.45. The summed E-state index contributed by atoms with van der Waals surface area (Å²) >= 11 is 0. The maximum atomic E-state index is 12.9. The first-order valence-electron chi connectivity index (χ1n) is 5.73. The highest BCUT2D eigenvalue weighted by Gasteiger charge is 2.30. The fraction of sp³-hybridized carbons (Fsp3) is 0.250. The molecule has 0 aliphatic carbocycles. The molecule has 10 heteroatoms. The van der Waals surface area contributed by atoms with Crippen LogP contribution in [0.1, 0.15) is 12.1 Å². The highest BCUT2D eigenvalue weighted by Crippen LogP contribution is 2.28. The van der Waals surface area contributed by atoms with Gasteiger partial charge in [0, 0.05) is 0 Å². The summed E-state index contributed by atoms with van der Waals surface area (Å²) in [4.78, 5) is 10.5. The van der Waals surface area contributed by atoms with Crippen molar-refractivity contribution in [2.75, 3.05) is 6.61 Å². The quantitative estimate of drug-likeness (QED) is 0.807. The van der Waals surface area contributed by atoms with Crippen molar-refractivity contribution in [2.45, 2.75) is 12.6 Å². The van der Waals surface area contributed by atoms with Crippen molar-refractivity contribution < 1.29 is 31.1 Å². The molecule has 2 aromatic rings. The van der Waals surface area contributed by atoms with E-state index in [0.717, 1.165) is 18.5 Å². The van der Waals surface area contributed by atoms with Crippen LogP contribution in [0.15, 0.2) is 24.5 Å². The highest BCUT2D eigenvalue weighted by molar-refractivity contribution is 5.53. The van der Waals surface area contributed by atoms with Crippen molar-refractivity contribution in [1.82, 2.24) is 15.0 Å². The molecule has 0 aliphatic rings. The van der Waals surface area contributed by atoms with E-state index in [9.17, 15) is 26.3 Å². The molecule has 0 aliphatic heterocycles. The summed E-state index contributed by atoms with van der Waals surface area (Å²) in [5, 5.41) is 0. The van der Waals surface area contributed by atoms with E-state index in [1.165, 1.54) is 6.07 Å². The smallest absolute Gasteiger partial charge is 0.422 e. The molecule has 0 N–H and O–H groups in total. The molecule has 0 unspecified atom stereocenters. The molecular formula is C12H7F6N3O. The number of pyridine rings is 1. The van der Waals surface area contributed by atoms with Gasteiger partial charge in [-0.2, -0.15) is 13.2 Å². The number of hydrogen-bond acceptors (Lipinski definition) is 4. The molecule has 0 spiro atoms. The van der Waals surface area contributed by atoms with Crippen LogP contribution in [0.5, 0.6) is 5.88 Å². The summed E-state index contributed by atoms with van der Waals surface area (Å²) in [6.45, 7) is -1.77. The molecule has 2 rings (SSSR count). The third-order valence-corrected chi connectivity index (χ3v) is 2.33. The zero-order valence-corrected chi connectivity index (χ0v) is 10.6. The fourth-order valence-electron chi connectivity index (χ4n) is 1.45. The van der Waals surface area contributed by atoms with E-state index in [0.29, 0.717) is 0 Å². The lowest BCUT2D eigenvalue weighted by atomic mass is 10.2. The monoisotopic (exact) mass is 323 g/mol. The van der Waals surface area contributed by atoms with Gasteiger partial charge in [0.1, 0.15) is 11.5 Å². The predicted octanol–water partition coefficient (Wildman–Crippen LogP) is 3.56. The Morgan fingerprint density at radius 1 is 1.05 bits per heavy atom. The van der Waals surface area contributed by atoms with Crippen molar-refractivity contribution in [3.05, 3.63) is 36.0 Å². The molecular weight excluding hydrogens is 316 g/mol. The molecule has 0 amide bonds. The van der Waals surface area contributed by atoms with Gasteiger partial charge in [-0.3, -0.25) is 4.98 Å². The van der Waals surface area contributed by atoms with Crippen LogP contribution in [0.4, 0.5) is 26.3 Å². The number of aromatic nitrogens is 3. The molecule has 0 aromatic carbocycles. The van der Waals surface area contributed by atoms with E-state index in [2.05, 4.69) is 19.7 Å². The Bertz CT molecular complexity index is 644. The Morgan fingerprint density at radius 2 is 1.77 bits per heavy atom. The summed E-state index contributed by atoms with van der Waals surface area (Å²) in [6, 6.07) is 2.20. The number of rotatable bonds is 4. The molecule has 2 heterocycles. The Kier molecular flexibility index (Phi) is 4.48. The van der Waals surface area contributed by atoms with Crippen LogP contribution in [0, 0.1) is 5.82 Å². The second-order valence-corrected chi connectivity index (χ2v) is 4.01. The Hall–Kier alpha value is -2.39. The topological polar surface area (TPSA) is 47.9 Å². The van der Waals surface area contributed by atoms with Crippen LogP contribution in [0.2, 0.25) is 0 Å². The molecule has 0 saturated carbocycles. The first kappa shape index (κ1) is 16.0. The van der Waals surface area contributed by atoms with Crippen molar-refractivity contribution >= 4 is 0 Å². The summed E-state index contributed by atoms with van der Waals surface area (Å²) in [6.07, 6.45) is -6.14. The van der Waals surface area contributed by atoms with E-state index >= 15 is 0 Å². The molecule has 0 saturated heterocycles. The van der Waals surface area contributed by atoms with Crippen molar-refractivity contribution in [1.29, 1.82) is 0 Å². The van der Waals surface area contributed by atoms with Gasteiger partial charge in [0.2, 0.25) is 5.88 Å². The zero-order chi connectivity index (χ0) is 16.3. The van der Waals surface area contributed by atoms with Crippen LogP contribution >= 0.6 is 0 Å². The van der Waals surface area contributed by atoms with E-state index in [1.54, 1.807) is 0 Å². The third-order valence-electron chi connectivity index (χ3n) is 2.33. The van der Waals surface area contributed by atoms with Gasteiger partial charge in [-0.25, -0.2) is 23.1 Å². The molecule has 0 bridgehead atoms. The van der Waals surface area contributed by atoms with Crippen molar-refractivity contribution in [3.8, 4) is 17.3 Å². The molecule has 0 fully saturated rings. The van der Waals surface area contributed by atoms with Gasteiger partial charge in [0.15, 0.2) is 12.3 Å². The van der Waals surface area contributed by atoms with Crippen LogP contribution in [0.25, 0.3) is 11.4 Å². The molecule has 0 atom stereocenters. The normalized spacial score (nSPS) is 11.8. The SMILES string of the molecule is Fc1ccc(-c2cnc(OCC(F)(F)F)c(C(F)F)n2)nc1. The first-order chi connectivity index (χ1) is 10.3. The number of alkyl halides is 5. The number of hydrogen-bond donors (Lipinski definition) is 0. The van der Waals surface area contributed by atoms with Gasteiger partial charge in [-0.1, -0.05) is 0 Å². The maximum absolute atomic E-state index is 12.9. The maximum Gasteiger partial charge on any atom is 0.422 e. The minimum Gasteiger partial charge on any atom is -0.467 e. The summed E-state index contributed by atoms with van der Waals surface area (Å²) in [5.41, 5.74) is -1.15. The van der Waals surface area contributed by atoms with Gasteiger partial charge in [-0.05, 0) is 12.1 Å².